The molecule has 9 heteroatoms. The Bertz CT molecular complexity index is 887. The Labute approximate surface area is 145 Å². The van der Waals surface area contributed by atoms with E-state index in [2.05, 4.69) is 10.3 Å². The third kappa shape index (κ3) is 3.66. The van der Waals surface area contributed by atoms with Gasteiger partial charge in [0.2, 0.25) is 12.2 Å². The molecule has 1 aliphatic rings. The van der Waals surface area contributed by atoms with E-state index in [0.29, 0.717) is 5.69 Å². The van der Waals surface area contributed by atoms with Crippen LogP contribution in [0.1, 0.15) is 46.5 Å². The van der Waals surface area contributed by atoms with Crippen LogP contribution in [-0.2, 0) is 11.0 Å². The van der Waals surface area contributed by atoms with Crippen LogP contribution in [0.3, 0.4) is 0 Å². The summed E-state index contributed by atoms with van der Waals surface area (Å²) in [6.45, 7) is 0. The summed E-state index contributed by atoms with van der Waals surface area (Å²) in [5.74, 6) is -0.491. The average molecular weight is 365 g/mol. The molecule has 1 amide bonds. The third-order valence-electron chi connectivity index (χ3n) is 4.10. The molecule has 0 bridgehead atoms. The van der Waals surface area contributed by atoms with E-state index < -0.39 is 29.4 Å². The fraction of sp³-hybridized carbons (Fsp3) is 0.294. The first kappa shape index (κ1) is 17.8. The van der Waals surface area contributed by atoms with Crippen molar-refractivity contribution in [3.63, 3.8) is 0 Å². The highest BCUT2D eigenvalue weighted by Crippen LogP contribution is 2.38. The molecular weight excluding hydrogens is 351 g/mol. The summed E-state index contributed by atoms with van der Waals surface area (Å²) in [4.78, 5) is 39.6. The van der Waals surface area contributed by atoms with Crippen molar-refractivity contribution < 1.29 is 22.8 Å². The fourth-order valence-electron chi connectivity index (χ4n) is 2.56. The van der Waals surface area contributed by atoms with Crippen molar-refractivity contribution in [2.45, 2.75) is 31.1 Å². The second-order valence-electron chi connectivity index (χ2n) is 5.94. The van der Waals surface area contributed by atoms with Gasteiger partial charge in [-0.3, -0.25) is 14.2 Å². The minimum Gasteiger partial charge on any atom is -0.331 e. The standard InChI is InChI=1S/C17H14F3N3O3/c18-17(19,20)12-5-3-11(4-6-12)14(25)15(21-9-24)23-8-7-13(10-1-2-10)22-16(23)26/h3-10,15H,1-2H2,(H,21,24). The Morgan fingerprint density at radius 2 is 1.88 bits per heavy atom. The van der Waals surface area contributed by atoms with Gasteiger partial charge in [-0.25, -0.2) is 4.79 Å². The van der Waals surface area contributed by atoms with Crippen LogP contribution < -0.4 is 11.0 Å². The van der Waals surface area contributed by atoms with E-state index in [1.807, 2.05) is 0 Å². The number of carbonyl (C=O) groups is 2. The Hall–Kier alpha value is -2.97. The average Bonchev–Trinajstić information content (AvgIpc) is 3.44. The van der Waals surface area contributed by atoms with Crippen LogP contribution in [0, 0.1) is 0 Å². The molecule has 1 aromatic heterocycles. The van der Waals surface area contributed by atoms with Crippen molar-refractivity contribution >= 4 is 12.2 Å². The second kappa shape index (κ2) is 6.74. The van der Waals surface area contributed by atoms with Crippen LogP contribution >= 0.6 is 0 Å². The smallest absolute Gasteiger partial charge is 0.331 e. The lowest BCUT2D eigenvalue weighted by atomic mass is 10.1. The highest BCUT2D eigenvalue weighted by atomic mass is 19.4. The first-order valence-corrected chi connectivity index (χ1v) is 7.81. The number of ketones is 1. The number of nitrogens with zero attached hydrogens (tertiary/aromatic N) is 2. The van der Waals surface area contributed by atoms with Gasteiger partial charge in [-0.1, -0.05) is 12.1 Å². The molecule has 3 rings (SSSR count). The summed E-state index contributed by atoms with van der Waals surface area (Å²) in [7, 11) is 0. The van der Waals surface area contributed by atoms with E-state index in [1.165, 1.54) is 6.20 Å². The van der Waals surface area contributed by atoms with Crippen molar-refractivity contribution in [1.82, 2.24) is 14.9 Å². The van der Waals surface area contributed by atoms with Crippen LogP contribution in [0.25, 0.3) is 0 Å². The molecule has 1 aliphatic carbocycles. The molecule has 0 saturated heterocycles. The first-order valence-electron chi connectivity index (χ1n) is 7.81. The molecule has 1 N–H and O–H groups in total. The molecule has 1 atom stereocenters. The Kier molecular flexibility index (Phi) is 4.62. The molecule has 6 nitrogen and oxygen atoms in total. The van der Waals surface area contributed by atoms with Crippen LogP contribution in [-0.4, -0.2) is 21.7 Å². The van der Waals surface area contributed by atoms with E-state index >= 15 is 0 Å². The summed E-state index contributed by atoms with van der Waals surface area (Å²) in [5.41, 5.74) is -1.07. The third-order valence-corrected chi connectivity index (χ3v) is 4.10. The van der Waals surface area contributed by atoms with Gasteiger partial charge in [0, 0.05) is 17.7 Å². The molecule has 1 heterocycles. The molecule has 0 radical (unpaired) electrons. The van der Waals surface area contributed by atoms with Crippen molar-refractivity contribution in [2.24, 2.45) is 0 Å². The minimum atomic E-state index is -4.53. The number of amides is 1. The van der Waals surface area contributed by atoms with Crippen molar-refractivity contribution in [3.05, 3.63) is 63.8 Å². The molecule has 1 aromatic carbocycles. The number of alkyl halides is 3. The number of Topliss-reactive ketones (excluding diaryl/α,β-unsaturated/α-hetero) is 1. The number of carbonyl (C=O) groups excluding carboxylic acids is 2. The van der Waals surface area contributed by atoms with Gasteiger partial charge in [-0.05, 0) is 31.0 Å². The monoisotopic (exact) mass is 365 g/mol. The molecular formula is C17H14F3N3O3. The minimum absolute atomic E-state index is 0.0736. The molecule has 0 spiro atoms. The molecule has 0 aliphatic heterocycles. The zero-order chi connectivity index (χ0) is 18.9. The number of aromatic nitrogens is 2. The van der Waals surface area contributed by atoms with Gasteiger partial charge >= 0.3 is 11.9 Å². The molecule has 136 valence electrons. The summed E-state index contributed by atoms with van der Waals surface area (Å²) >= 11 is 0. The van der Waals surface area contributed by atoms with E-state index in [9.17, 15) is 27.6 Å². The summed E-state index contributed by atoms with van der Waals surface area (Å²) in [5, 5.41) is 2.22. The molecule has 1 unspecified atom stereocenters. The van der Waals surface area contributed by atoms with E-state index in [0.717, 1.165) is 41.7 Å². The topological polar surface area (TPSA) is 81.1 Å². The maximum absolute atomic E-state index is 12.6. The Morgan fingerprint density at radius 1 is 1.23 bits per heavy atom. The molecule has 1 fully saturated rings. The highest BCUT2D eigenvalue weighted by molar-refractivity contribution is 5.99. The van der Waals surface area contributed by atoms with Crippen molar-refractivity contribution in [3.8, 4) is 0 Å². The predicted molar refractivity (Wildman–Crippen MR) is 84.5 cm³/mol. The highest BCUT2D eigenvalue weighted by Gasteiger charge is 2.31. The van der Waals surface area contributed by atoms with Gasteiger partial charge in [0.1, 0.15) is 0 Å². The zero-order valence-electron chi connectivity index (χ0n) is 13.4. The van der Waals surface area contributed by atoms with Gasteiger partial charge < -0.3 is 5.32 Å². The first-order chi connectivity index (χ1) is 12.3. The summed E-state index contributed by atoms with van der Waals surface area (Å²) in [6, 6.07) is 5.13. The largest absolute Gasteiger partial charge is 0.416 e. The maximum atomic E-state index is 12.6. The maximum Gasteiger partial charge on any atom is 0.416 e. The fourth-order valence-corrected chi connectivity index (χ4v) is 2.56. The Morgan fingerprint density at radius 3 is 2.38 bits per heavy atom. The molecule has 2 aromatic rings. The number of hydrogen-bond acceptors (Lipinski definition) is 4. The number of rotatable bonds is 6. The van der Waals surface area contributed by atoms with Crippen LogP contribution in [0.2, 0.25) is 0 Å². The number of nitrogens with one attached hydrogen (secondary N) is 1. The number of hydrogen-bond donors (Lipinski definition) is 1. The van der Waals surface area contributed by atoms with Gasteiger partial charge in [0.25, 0.3) is 0 Å². The van der Waals surface area contributed by atoms with Gasteiger partial charge in [0.05, 0.1) is 11.3 Å². The molecule has 26 heavy (non-hydrogen) atoms. The normalized spacial score (nSPS) is 15.3. The second-order valence-corrected chi connectivity index (χ2v) is 5.94. The molecule has 1 saturated carbocycles. The number of benzene rings is 1. The summed E-state index contributed by atoms with van der Waals surface area (Å²) in [6.07, 6.45) is -2.44. The van der Waals surface area contributed by atoms with Crippen molar-refractivity contribution in [1.29, 1.82) is 0 Å². The Balaban J connectivity index is 1.91. The SMILES string of the molecule is O=CNC(C(=O)c1ccc(C(F)(F)F)cc1)n1ccc(C2CC2)nc1=O. The lowest BCUT2D eigenvalue weighted by Gasteiger charge is -2.18. The van der Waals surface area contributed by atoms with Crippen LogP contribution in [0.5, 0.6) is 0 Å². The van der Waals surface area contributed by atoms with E-state index in [1.54, 1.807) is 6.07 Å². The van der Waals surface area contributed by atoms with Crippen LogP contribution in [0.4, 0.5) is 13.2 Å². The lowest BCUT2D eigenvalue weighted by Crippen LogP contribution is -2.40. The van der Waals surface area contributed by atoms with E-state index in [-0.39, 0.29) is 17.9 Å². The van der Waals surface area contributed by atoms with Gasteiger partial charge in [-0.15, -0.1) is 0 Å². The van der Waals surface area contributed by atoms with Gasteiger partial charge in [0.15, 0.2) is 6.17 Å². The van der Waals surface area contributed by atoms with Gasteiger partial charge in [-0.2, -0.15) is 18.2 Å². The zero-order valence-corrected chi connectivity index (χ0v) is 13.4. The predicted octanol–water partition coefficient (Wildman–Crippen LogP) is 2.27. The summed E-state index contributed by atoms with van der Waals surface area (Å²) < 4.78 is 38.8. The van der Waals surface area contributed by atoms with Crippen LogP contribution in [0.15, 0.2) is 41.3 Å². The van der Waals surface area contributed by atoms with Crippen molar-refractivity contribution in [2.75, 3.05) is 0 Å². The quantitative estimate of drug-likeness (QED) is 0.629. The van der Waals surface area contributed by atoms with E-state index in [4.69, 9.17) is 0 Å². The number of halogens is 3. The lowest BCUT2D eigenvalue weighted by molar-refractivity contribution is -0.137.